The number of aromatic nitrogens is 1. The SMILES string of the molecule is NCCCc1c2oc(=O)c(=O)oc2cc2[nH]c3ccccc3c(=O)c12. The van der Waals surface area contributed by atoms with Crippen LogP contribution in [-0.2, 0) is 6.42 Å². The summed E-state index contributed by atoms with van der Waals surface area (Å²) in [5, 5.41) is 0.944. The third kappa shape index (κ3) is 2.36. The number of aromatic amines is 1. The molecule has 0 fully saturated rings. The highest BCUT2D eigenvalue weighted by Gasteiger charge is 2.17. The van der Waals surface area contributed by atoms with E-state index in [2.05, 4.69) is 4.98 Å². The molecule has 0 atom stereocenters. The summed E-state index contributed by atoms with van der Waals surface area (Å²) >= 11 is 0. The number of nitrogens with one attached hydrogen (secondary N) is 1. The third-order valence-electron chi connectivity index (χ3n) is 4.21. The van der Waals surface area contributed by atoms with Crippen LogP contribution in [0.15, 0.2) is 53.5 Å². The summed E-state index contributed by atoms with van der Waals surface area (Å²) in [7, 11) is 0. The van der Waals surface area contributed by atoms with Crippen molar-refractivity contribution in [1.82, 2.24) is 4.98 Å². The van der Waals surface area contributed by atoms with Gasteiger partial charge in [0.05, 0.1) is 10.9 Å². The molecule has 0 unspecified atom stereocenters. The second-order valence-corrected chi connectivity index (χ2v) is 5.78. The summed E-state index contributed by atoms with van der Waals surface area (Å²) < 4.78 is 10.2. The Hall–Kier alpha value is -3.19. The molecule has 7 heteroatoms. The lowest BCUT2D eigenvalue weighted by Crippen LogP contribution is -2.21. The molecule has 0 saturated carbocycles. The molecule has 2 heterocycles. The molecule has 0 saturated heterocycles. The Morgan fingerprint density at radius 1 is 1.00 bits per heavy atom. The number of H-pyrrole nitrogens is 1. The van der Waals surface area contributed by atoms with Gasteiger partial charge in [-0.2, -0.15) is 0 Å². The maximum atomic E-state index is 13.0. The Morgan fingerprint density at radius 3 is 2.56 bits per heavy atom. The van der Waals surface area contributed by atoms with E-state index in [0.29, 0.717) is 46.8 Å². The van der Waals surface area contributed by atoms with Crippen molar-refractivity contribution >= 4 is 33.0 Å². The molecule has 0 aliphatic heterocycles. The van der Waals surface area contributed by atoms with Crippen LogP contribution >= 0.6 is 0 Å². The second kappa shape index (κ2) is 5.71. The number of benzene rings is 2. The van der Waals surface area contributed by atoms with E-state index >= 15 is 0 Å². The lowest BCUT2D eigenvalue weighted by molar-refractivity contribution is 0.447. The number of hydrogen-bond acceptors (Lipinski definition) is 6. The van der Waals surface area contributed by atoms with Crippen molar-refractivity contribution in [2.45, 2.75) is 12.8 Å². The van der Waals surface area contributed by atoms with Crippen LogP contribution in [0.2, 0.25) is 0 Å². The van der Waals surface area contributed by atoms with Gasteiger partial charge in [-0.1, -0.05) is 12.1 Å². The van der Waals surface area contributed by atoms with Gasteiger partial charge in [-0.05, 0) is 31.5 Å². The van der Waals surface area contributed by atoms with Gasteiger partial charge in [-0.25, -0.2) is 9.59 Å². The number of nitrogens with two attached hydrogens (primary N) is 1. The summed E-state index contributed by atoms with van der Waals surface area (Å²) in [5.74, 6) is 0. The van der Waals surface area contributed by atoms with Crippen LogP contribution in [0.25, 0.3) is 33.0 Å². The summed E-state index contributed by atoms with van der Waals surface area (Å²) in [6.07, 6.45) is 1.01. The summed E-state index contributed by atoms with van der Waals surface area (Å²) in [6.45, 7) is 0.407. The predicted molar refractivity (Wildman–Crippen MR) is 94.0 cm³/mol. The van der Waals surface area contributed by atoms with E-state index in [1.807, 2.05) is 6.07 Å². The Labute approximate surface area is 139 Å². The molecule has 126 valence electrons. The van der Waals surface area contributed by atoms with Gasteiger partial charge in [-0.3, -0.25) is 4.79 Å². The zero-order valence-corrected chi connectivity index (χ0v) is 13.1. The zero-order valence-electron chi connectivity index (χ0n) is 13.1. The quantitative estimate of drug-likeness (QED) is 0.433. The van der Waals surface area contributed by atoms with Crippen LogP contribution in [0.4, 0.5) is 0 Å². The molecule has 0 spiro atoms. The van der Waals surface area contributed by atoms with Crippen molar-refractivity contribution in [3.8, 4) is 0 Å². The third-order valence-corrected chi connectivity index (χ3v) is 4.21. The Kier molecular flexibility index (Phi) is 3.51. The van der Waals surface area contributed by atoms with Crippen molar-refractivity contribution in [2.24, 2.45) is 5.73 Å². The largest absolute Gasteiger partial charge is 0.423 e. The topological polar surface area (TPSA) is 119 Å². The fraction of sp³-hybridized carbons (Fsp3) is 0.167. The average Bonchev–Trinajstić information content (AvgIpc) is 2.60. The number of para-hydroxylation sites is 1. The zero-order chi connectivity index (χ0) is 17.6. The minimum atomic E-state index is -1.10. The van der Waals surface area contributed by atoms with Gasteiger partial charge in [0.2, 0.25) is 0 Å². The molecule has 3 N–H and O–H groups in total. The van der Waals surface area contributed by atoms with E-state index in [9.17, 15) is 14.4 Å². The molecule has 2 aromatic carbocycles. The van der Waals surface area contributed by atoms with Crippen LogP contribution in [0.1, 0.15) is 12.0 Å². The lowest BCUT2D eigenvalue weighted by Gasteiger charge is -2.09. The fourth-order valence-electron chi connectivity index (χ4n) is 3.10. The van der Waals surface area contributed by atoms with E-state index in [-0.39, 0.29) is 16.6 Å². The normalized spacial score (nSPS) is 11.6. The van der Waals surface area contributed by atoms with Crippen LogP contribution in [0.3, 0.4) is 0 Å². The van der Waals surface area contributed by atoms with Gasteiger partial charge in [0.15, 0.2) is 16.6 Å². The molecule has 4 aromatic rings. The number of hydrogen-bond donors (Lipinski definition) is 2. The minimum absolute atomic E-state index is 0.117. The highest BCUT2D eigenvalue weighted by Crippen LogP contribution is 2.27. The van der Waals surface area contributed by atoms with Gasteiger partial charge in [-0.15, -0.1) is 0 Å². The van der Waals surface area contributed by atoms with Crippen molar-refractivity contribution in [2.75, 3.05) is 6.54 Å². The van der Waals surface area contributed by atoms with Crippen LogP contribution < -0.4 is 22.4 Å². The smallest absolute Gasteiger partial charge is 0.414 e. The molecule has 0 aliphatic carbocycles. The van der Waals surface area contributed by atoms with Crippen LogP contribution in [0.5, 0.6) is 0 Å². The standard InChI is InChI=1S/C18H14N2O5/c19-7-3-5-10-14-12(8-13-16(10)25-18(23)17(22)24-13)20-11-6-2-1-4-9(11)15(14)21/h1-2,4,6,8H,3,5,7,19H2,(H,20,21). The molecular formula is C18H14N2O5. The molecule has 0 radical (unpaired) electrons. The maximum Gasteiger partial charge on any atom is 0.423 e. The Balaban J connectivity index is 2.26. The van der Waals surface area contributed by atoms with E-state index < -0.39 is 11.3 Å². The predicted octanol–water partition coefficient (Wildman–Crippen LogP) is 1.63. The summed E-state index contributed by atoms with van der Waals surface area (Å²) in [4.78, 5) is 39.3. The van der Waals surface area contributed by atoms with Crippen molar-refractivity contribution in [3.63, 3.8) is 0 Å². The van der Waals surface area contributed by atoms with Crippen molar-refractivity contribution in [1.29, 1.82) is 0 Å². The summed E-state index contributed by atoms with van der Waals surface area (Å²) in [5.41, 5.74) is 5.18. The van der Waals surface area contributed by atoms with Gasteiger partial charge in [0, 0.05) is 22.5 Å². The first-order valence-corrected chi connectivity index (χ1v) is 7.85. The first kappa shape index (κ1) is 15.3. The fourth-order valence-corrected chi connectivity index (χ4v) is 3.10. The minimum Gasteiger partial charge on any atom is -0.414 e. The second-order valence-electron chi connectivity index (χ2n) is 5.78. The van der Waals surface area contributed by atoms with Crippen molar-refractivity contribution in [3.05, 3.63) is 67.0 Å². The van der Waals surface area contributed by atoms with Gasteiger partial charge < -0.3 is 19.6 Å². The molecule has 25 heavy (non-hydrogen) atoms. The van der Waals surface area contributed by atoms with E-state index in [1.54, 1.807) is 18.2 Å². The van der Waals surface area contributed by atoms with Gasteiger partial charge in [0.1, 0.15) is 0 Å². The van der Waals surface area contributed by atoms with E-state index in [0.717, 1.165) is 0 Å². The molecule has 0 bridgehead atoms. The van der Waals surface area contributed by atoms with Crippen LogP contribution in [0, 0.1) is 0 Å². The monoisotopic (exact) mass is 338 g/mol. The van der Waals surface area contributed by atoms with Gasteiger partial charge in [0.25, 0.3) is 0 Å². The number of aryl methyl sites for hydroxylation is 1. The number of rotatable bonds is 3. The highest BCUT2D eigenvalue weighted by molar-refractivity contribution is 6.00. The molecule has 2 aromatic heterocycles. The maximum absolute atomic E-state index is 13.0. The van der Waals surface area contributed by atoms with Crippen LogP contribution in [-0.4, -0.2) is 11.5 Å². The number of fused-ring (bicyclic) bond motifs is 3. The lowest BCUT2D eigenvalue weighted by atomic mass is 10.00. The Morgan fingerprint density at radius 2 is 1.76 bits per heavy atom. The van der Waals surface area contributed by atoms with E-state index in [1.165, 1.54) is 6.07 Å². The summed E-state index contributed by atoms with van der Waals surface area (Å²) in [6, 6.07) is 8.63. The van der Waals surface area contributed by atoms with Crippen molar-refractivity contribution < 1.29 is 8.83 Å². The first-order valence-electron chi connectivity index (χ1n) is 7.85. The average molecular weight is 338 g/mol. The highest BCUT2D eigenvalue weighted by atomic mass is 16.5. The molecule has 0 aliphatic rings. The first-order chi connectivity index (χ1) is 12.1. The van der Waals surface area contributed by atoms with E-state index in [4.69, 9.17) is 14.6 Å². The molecule has 7 nitrogen and oxygen atoms in total. The molecule has 4 rings (SSSR count). The number of pyridine rings is 1. The molecule has 0 amide bonds. The molecular weight excluding hydrogens is 324 g/mol. The Bertz CT molecular complexity index is 1300. The van der Waals surface area contributed by atoms with Gasteiger partial charge >= 0.3 is 11.3 Å².